The van der Waals surface area contributed by atoms with Gasteiger partial charge >= 0.3 is 0 Å². The Kier molecular flexibility index (Phi) is 5.53. The molecule has 0 atom stereocenters. The number of benzene rings is 1. The minimum absolute atomic E-state index is 0.0244. The Labute approximate surface area is 126 Å². The van der Waals surface area contributed by atoms with Crippen molar-refractivity contribution in [3.8, 4) is 5.69 Å². The van der Waals surface area contributed by atoms with Crippen molar-refractivity contribution in [2.75, 3.05) is 13.2 Å². The predicted octanol–water partition coefficient (Wildman–Crippen LogP) is 2.76. The number of nitrogens with one attached hydrogen (secondary N) is 1. The lowest BCUT2D eigenvalue weighted by Gasteiger charge is -2.21. The molecule has 0 amide bonds. The van der Waals surface area contributed by atoms with E-state index in [1.807, 2.05) is 47.3 Å². The summed E-state index contributed by atoms with van der Waals surface area (Å²) in [5, 5.41) is 17.2. The maximum absolute atomic E-state index is 9.21. The molecule has 1 aromatic heterocycles. The molecule has 0 aliphatic carbocycles. The van der Waals surface area contributed by atoms with Gasteiger partial charge in [0.25, 0.3) is 0 Å². The van der Waals surface area contributed by atoms with E-state index in [-0.39, 0.29) is 12.0 Å². The molecule has 2 aromatic rings. The molecule has 0 saturated carbocycles. The van der Waals surface area contributed by atoms with Gasteiger partial charge < -0.3 is 10.4 Å². The summed E-state index contributed by atoms with van der Waals surface area (Å²) in [5.41, 5.74) is 2.14. The summed E-state index contributed by atoms with van der Waals surface area (Å²) < 4.78 is 1.89. The molecule has 0 aliphatic rings. The standard InChI is InChI=1S/C17H25N3O/c1-17(2,14-21)10-6-11-18-13-15-9-12-20(19-15)16-7-4-3-5-8-16/h3-5,7-9,12,18,21H,6,10-11,13-14H2,1-2H3. The molecule has 1 aromatic carbocycles. The fourth-order valence-electron chi connectivity index (χ4n) is 2.17. The first kappa shape index (κ1) is 15.7. The van der Waals surface area contributed by atoms with Crippen LogP contribution in [-0.4, -0.2) is 28.0 Å². The predicted molar refractivity (Wildman–Crippen MR) is 85.4 cm³/mol. The van der Waals surface area contributed by atoms with Gasteiger partial charge in [-0.3, -0.25) is 0 Å². The third-order valence-electron chi connectivity index (χ3n) is 3.61. The fraction of sp³-hybridized carbons (Fsp3) is 0.471. The number of aliphatic hydroxyl groups is 1. The first-order valence-corrected chi connectivity index (χ1v) is 7.52. The quantitative estimate of drug-likeness (QED) is 0.734. The van der Waals surface area contributed by atoms with Crippen LogP contribution in [0.15, 0.2) is 42.6 Å². The van der Waals surface area contributed by atoms with Gasteiger partial charge in [-0.1, -0.05) is 32.0 Å². The van der Waals surface area contributed by atoms with Crippen molar-refractivity contribution >= 4 is 0 Å². The lowest BCUT2D eigenvalue weighted by Crippen LogP contribution is -2.21. The molecule has 0 aliphatic heterocycles. The van der Waals surface area contributed by atoms with E-state index in [2.05, 4.69) is 24.3 Å². The number of nitrogens with zero attached hydrogens (tertiary/aromatic N) is 2. The van der Waals surface area contributed by atoms with E-state index in [9.17, 15) is 5.11 Å². The van der Waals surface area contributed by atoms with Gasteiger partial charge in [0.15, 0.2) is 0 Å². The van der Waals surface area contributed by atoms with Crippen LogP contribution >= 0.6 is 0 Å². The molecule has 0 bridgehead atoms. The van der Waals surface area contributed by atoms with Gasteiger partial charge in [0, 0.05) is 19.3 Å². The van der Waals surface area contributed by atoms with E-state index in [0.29, 0.717) is 0 Å². The maximum atomic E-state index is 9.21. The number of rotatable bonds is 8. The summed E-state index contributed by atoms with van der Waals surface area (Å²) in [6.45, 7) is 6.15. The molecule has 0 fully saturated rings. The van der Waals surface area contributed by atoms with Gasteiger partial charge in [-0.15, -0.1) is 0 Å². The normalized spacial score (nSPS) is 11.8. The van der Waals surface area contributed by atoms with Crippen LogP contribution in [0.1, 0.15) is 32.4 Å². The van der Waals surface area contributed by atoms with Gasteiger partial charge in [-0.2, -0.15) is 5.10 Å². The molecule has 2 N–H and O–H groups in total. The minimum Gasteiger partial charge on any atom is -0.396 e. The Bertz CT molecular complexity index is 534. The molecule has 0 unspecified atom stereocenters. The SMILES string of the molecule is CC(C)(CO)CCCNCc1ccn(-c2ccccc2)n1. The summed E-state index contributed by atoms with van der Waals surface area (Å²) >= 11 is 0. The van der Waals surface area contributed by atoms with Crippen LogP contribution in [-0.2, 0) is 6.54 Å². The molecular formula is C17H25N3O. The van der Waals surface area contributed by atoms with Gasteiger partial charge in [0.1, 0.15) is 0 Å². The Balaban J connectivity index is 1.74. The number of hydrogen-bond donors (Lipinski definition) is 2. The van der Waals surface area contributed by atoms with E-state index < -0.39 is 0 Å². The third kappa shape index (κ3) is 4.99. The Morgan fingerprint density at radius 2 is 1.95 bits per heavy atom. The first-order chi connectivity index (χ1) is 10.1. The summed E-state index contributed by atoms with van der Waals surface area (Å²) in [6.07, 6.45) is 4.07. The van der Waals surface area contributed by atoms with Gasteiger partial charge in [-0.25, -0.2) is 4.68 Å². The molecule has 0 radical (unpaired) electrons. The lowest BCUT2D eigenvalue weighted by molar-refractivity contribution is 0.148. The Morgan fingerprint density at radius 3 is 2.67 bits per heavy atom. The van der Waals surface area contributed by atoms with Gasteiger partial charge in [0.05, 0.1) is 11.4 Å². The largest absolute Gasteiger partial charge is 0.396 e. The highest BCUT2D eigenvalue weighted by atomic mass is 16.3. The summed E-state index contributed by atoms with van der Waals surface area (Å²) in [4.78, 5) is 0. The van der Waals surface area contributed by atoms with Crippen molar-refractivity contribution in [1.82, 2.24) is 15.1 Å². The molecule has 114 valence electrons. The average Bonchev–Trinajstić information content (AvgIpc) is 2.97. The highest BCUT2D eigenvalue weighted by Crippen LogP contribution is 2.20. The molecule has 0 saturated heterocycles. The fourth-order valence-corrected chi connectivity index (χ4v) is 2.17. The maximum Gasteiger partial charge on any atom is 0.0766 e. The van der Waals surface area contributed by atoms with E-state index in [0.717, 1.165) is 37.3 Å². The average molecular weight is 287 g/mol. The van der Waals surface area contributed by atoms with E-state index in [4.69, 9.17) is 0 Å². The first-order valence-electron chi connectivity index (χ1n) is 7.52. The van der Waals surface area contributed by atoms with Crippen molar-refractivity contribution in [3.05, 3.63) is 48.3 Å². The van der Waals surface area contributed by atoms with Crippen molar-refractivity contribution in [3.63, 3.8) is 0 Å². The van der Waals surface area contributed by atoms with Crippen LogP contribution in [0.2, 0.25) is 0 Å². The number of para-hydroxylation sites is 1. The smallest absolute Gasteiger partial charge is 0.0766 e. The van der Waals surface area contributed by atoms with Gasteiger partial charge in [-0.05, 0) is 43.0 Å². The molecule has 0 spiro atoms. The zero-order chi connectivity index (χ0) is 15.1. The van der Waals surface area contributed by atoms with Crippen molar-refractivity contribution in [2.45, 2.75) is 33.2 Å². The molecule has 1 heterocycles. The third-order valence-corrected chi connectivity index (χ3v) is 3.61. The van der Waals surface area contributed by atoms with E-state index >= 15 is 0 Å². The Hall–Kier alpha value is -1.65. The highest BCUT2D eigenvalue weighted by molar-refractivity contribution is 5.30. The number of hydrogen-bond acceptors (Lipinski definition) is 3. The second-order valence-corrected chi connectivity index (χ2v) is 6.19. The number of aromatic nitrogens is 2. The molecule has 2 rings (SSSR count). The van der Waals surface area contributed by atoms with Crippen molar-refractivity contribution < 1.29 is 5.11 Å². The van der Waals surface area contributed by atoms with Crippen LogP contribution in [0.3, 0.4) is 0 Å². The highest BCUT2D eigenvalue weighted by Gasteiger charge is 2.15. The Morgan fingerprint density at radius 1 is 1.19 bits per heavy atom. The summed E-state index contributed by atoms with van der Waals surface area (Å²) in [7, 11) is 0. The lowest BCUT2D eigenvalue weighted by atomic mass is 9.89. The number of aliphatic hydroxyl groups excluding tert-OH is 1. The van der Waals surface area contributed by atoms with Crippen molar-refractivity contribution in [1.29, 1.82) is 0 Å². The molecule has 4 heteroatoms. The van der Waals surface area contributed by atoms with Crippen molar-refractivity contribution in [2.24, 2.45) is 5.41 Å². The summed E-state index contributed by atoms with van der Waals surface area (Å²) in [5.74, 6) is 0. The summed E-state index contributed by atoms with van der Waals surface area (Å²) in [6, 6.07) is 12.2. The van der Waals surface area contributed by atoms with E-state index in [1.165, 1.54) is 0 Å². The van der Waals surface area contributed by atoms with Crippen LogP contribution in [0.4, 0.5) is 0 Å². The van der Waals surface area contributed by atoms with E-state index in [1.54, 1.807) is 0 Å². The second kappa shape index (κ2) is 7.38. The van der Waals surface area contributed by atoms with Gasteiger partial charge in [0.2, 0.25) is 0 Å². The molecular weight excluding hydrogens is 262 g/mol. The van der Waals surface area contributed by atoms with Crippen LogP contribution in [0.25, 0.3) is 5.69 Å². The molecule has 4 nitrogen and oxygen atoms in total. The monoisotopic (exact) mass is 287 g/mol. The second-order valence-electron chi connectivity index (χ2n) is 6.19. The topological polar surface area (TPSA) is 50.1 Å². The van der Waals surface area contributed by atoms with Crippen LogP contribution in [0.5, 0.6) is 0 Å². The molecule has 21 heavy (non-hydrogen) atoms. The zero-order valence-electron chi connectivity index (χ0n) is 12.9. The zero-order valence-corrected chi connectivity index (χ0v) is 12.9. The van der Waals surface area contributed by atoms with Crippen LogP contribution in [0, 0.1) is 5.41 Å². The minimum atomic E-state index is 0.0244. The van der Waals surface area contributed by atoms with Crippen LogP contribution < -0.4 is 5.32 Å².